The number of aryl methyl sites for hydroxylation is 3. The number of benzene rings is 2. The molecule has 0 saturated heterocycles. The van der Waals surface area contributed by atoms with Crippen LogP contribution >= 0.6 is 34.9 Å². The topological polar surface area (TPSA) is 65.0 Å². The highest BCUT2D eigenvalue weighted by Crippen LogP contribution is 2.42. The van der Waals surface area contributed by atoms with E-state index in [1.807, 2.05) is 25.1 Å². The van der Waals surface area contributed by atoms with Crippen molar-refractivity contribution in [1.82, 2.24) is 15.0 Å². The van der Waals surface area contributed by atoms with E-state index < -0.39 is 0 Å². The van der Waals surface area contributed by atoms with E-state index in [2.05, 4.69) is 44.2 Å². The lowest BCUT2D eigenvalue weighted by atomic mass is 10.1. The SMILES string of the molecule is COC(=O)c1ccccc1Sc1nc(SCc2ccc(C)cc2)nc2c1sc1nc(C)cc(C)c12. The average molecular weight is 518 g/mol. The minimum Gasteiger partial charge on any atom is -0.465 e. The number of thiophene rings is 1. The number of thioether (sulfide) groups is 1. The van der Waals surface area contributed by atoms with Crippen molar-refractivity contribution in [1.29, 1.82) is 0 Å². The first kappa shape index (κ1) is 23.8. The average Bonchev–Trinajstić information content (AvgIpc) is 3.22. The zero-order chi connectivity index (χ0) is 24.5. The Labute approximate surface area is 216 Å². The van der Waals surface area contributed by atoms with E-state index in [1.165, 1.54) is 30.0 Å². The first-order chi connectivity index (χ1) is 16.9. The Morgan fingerprint density at radius 1 is 1.00 bits per heavy atom. The summed E-state index contributed by atoms with van der Waals surface area (Å²) in [5.74, 6) is 0.407. The van der Waals surface area contributed by atoms with Crippen molar-refractivity contribution in [3.8, 4) is 0 Å². The lowest BCUT2D eigenvalue weighted by molar-refractivity contribution is 0.0597. The molecular formula is C27H23N3O2S3. The maximum absolute atomic E-state index is 12.4. The molecule has 0 radical (unpaired) electrons. The molecule has 0 aliphatic carbocycles. The second-order valence-corrected chi connectivity index (χ2v) is 11.2. The number of nitrogens with zero attached hydrogens (tertiary/aromatic N) is 3. The maximum atomic E-state index is 12.4. The van der Waals surface area contributed by atoms with E-state index in [1.54, 1.807) is 29.2 Å². The molecule has 5 rings (SSSR count). The third-order valence-electron chi connectivity index (χ3n) is 5.55. The second-order valence-electron chi connectivity index (χ2n) is 8.22. The van der Waals surface area contributed by atoms with Crippen LogP contribution in [-0.2, 0) is 10.5 Å². The van der Waals surface area contributed by atoms with Gasteiger partial charge in [0.05, 0.1) is 22.9 Å². The van der Waals surface area contributed by atoms with Crippen molar-refractivity contribution in [2.24, 2.45) is 0 Å². The van der Waals surface area contributed by atoms with Gasteiger partial charge < -0.3 is 4.74 Å². The van der Waals surface area contributed by atoms with Crippen LogP contribution in [0.5, 0.6) is 0 Å². The van der Waals surface area contributed by atoms with Gasteiger partial charge >= 0.3 is 5.97 Å². The highest BCUT2D eigenvalue weighted by molar-refractivity contribution is 8.00. The molecule has 3 heterocycles. The summed E-state index contributed by atoms with van der Waals surface area (Å²) in [6.45, 7) is 6.20. The molecule has 0 saturated carbocycles. The van der Waals surface area contributed by atoms with Crippen LogP contribution in [0, 0.1) is 20.8 Å². The fourth-order valence-corrected chi connectivity index (χ4v) is 7.00. The Morgan fingerprint density at radius 2 is 1.77 bits per heavy atom. The van der Waals surface area contributed by atoms with E-state index in [0.717, 1.165) is 47.4 Å². The van der Waals surface area contributed by atoms with Crippen molar-refractivity contribution in [2.75, 3.05) is 7.11 Å². The van der Waals surface area contributed by atoms with Gasteiger partial charge in [-0.15, -0.1) is 11.3 Å². The molecule has 0 amide bonds. The molecule has 0 N–H and O–H groups in total. The minimum absolute atomic E-state index is 0.364. The van der Waals surface area contributed by atoms with Crippen molar-refractivity contribution >= 4 is 61.3 Å². The van der Waals surface area contributed by atoms with Crippen molar-refractivity contribution in [2.45, 2.75) is 41.6 Å². The van der Waals surface area contributed by atoms with Gasteiger partial charge in [0.2, 0.25) is 0 Å². The van der Waals surface area contributed by atoms with Gasteiger partial charge in [-0.25, -0.2) is 19.7 Å². The molecule has 5 aromatic rings. The predicted molar refractivity (Wildman–Crippen MR) is 145 cm³/mol. The molecular weight excluding hydrogens is 495 g/mol. The van der Waals surface area contributed by atoms with E-state index in [0.29, 0.717) is 10.7 Å². The highest BCUT2D eigenvalue weighted by Gasteiger charge is 2.20. The number of carbonyl (C=O) groups is 1. The number of esters is 1. The lowest BCUT2D eigenvalue weighted by Crippen LogP contribution is -2.03. The minimum atomic E-state index is -0.364. The zero-order valence-corrected chi connectivity index (χ0v) is 22.2. The first-order valence-corrected chi connectivity index (χ1v) is 13.7. The fraction of sp³-hybridized carbons (Fsp3) is 0.185. The number of hydrogen-bond donors (Lipinski definition) is 0. The largest absolute Gasteiger partial charge is 0.465 e. The van der Waals surface area contributed by atoms with Gasteiger partial charge in [0, 0.05) is 21.7 Å². The zero-order valence-electron chi connectivity index (χ0n) is 19.8. The number of methoxy groups -OCH3 is 1. The van der Waals surface area contributed by atoms with Crippen LogP contribution in [-0.4, -0.2) is 28.0 Å². The maximum Gasteiger partial charge on any atom is 0.339 e. The van der Waals surface area contributed by atoms with Gasteiger partial charge in [-0.3, -0.25) is 0 Å². The molecule has 35 heavy (non-hydrogen) atoms. The van der Waals surface area contributed by atoms with Crippen LogP contribution in [0.1, 0.15) is 32.7 Å². The number of rotatable bonds is 6. The van der Waals surface area contributed by atoms with Crippen LogP contribution in [0.3, 0.4) is 0 Å². The monoisotopic (exact) mass is 517 g/mol. The number of hydrogen-bond acceptors (Lipinski definition) is 8. The molecule has 0 aliphatic heterocycles. The van der Waals surface area contributed by atoms with E-state index in [4.69, 9.17) is 19.7 Å². The Balaban J connectivity index is 1.63. The normalized spacial score (nSPS) is 11.3. The van der Waals surface area contributed by atoms with Gasteiger partial charge in [-0.1, -0.05) is 65.5 Å². The summed E-state index contributed by atoms with van der Waals surface area (Å²) >= 11 is 4.68. The molecule has 5 nitrogen and oxygen atoms in total. The number of aromatic nitrogens is 3. The van der Waals surface area contributed by atoms with Gasteiger partial charge in [0.15, 0.2) is 5.16 Å². The molecule has 0 atom stereocenters. The highest BCUT2D eigenvalue weighted by atomic mass is 32.2. The van der Waals surface area contributed by atoms with Crippen molar-refractivity contribution in [3.05, 3.63) is 82.5 Å². The Kier molecular flexibility index (Phi) is 6.77. The lowest BCUT2D eigenvalue weighted by Gasteiger charge is -2.09. The second kappa shape index (κ2) is 9.97. The molecule has 0 bridgehead atoms. The summed E-state index contributed by atoms with van der Waals surface area (Å²) in [4.78, 5) is 28.8. The fourth-order valence-electron chi connectivity index (χ4n) is 3.84. The number of pyridine rings is 1. The van der Waals surface area contributed by atoms with Crippen LogP contribution in [0.25, 0.3) is 20.4 Å². The van der Waals surface area contributed by atoms with Gasteiger partial charge in [-0.2, -0.15) is 0 Å². The number of fused-ring (bicyclic) bond motifs is 3. The summed E-state index contributed by atoms with van der Waals surface area (Å²) in [6.07, 6.45) is 0. The number of carbonyl (C=O) groups excluding carboxylic acids is 1. The summed E-state index contributed by atoms with van der Waals surface area (Å²) < 4.78 is 5.98. The number of ether oxygens (including phenoxy) is 1. The van der Waals surface area contributed by atoms with Crippen molar-refractivity contribution in [3.63, 3.8) is 0 Å². The summed E-state index contributed by atoms with van der Waals surface area (Å²) in [5.41, 5.74) is 6.02. The Bertz CT molecular complexity index is 1560. The smallest absolute Gasteiger partial charge is 0.339 e. The first-order valence-electron chi connectivity index (χ1n) is 11.0. The van der Waals surface area contributed by atoms with Crippen LogP contribution in [0.15, 0.2) is 69.7 Å². The molecule has 3 aromatic heterocycles. The third kappa shape index (κ3) is 4.91. The summed E-state index contributed by atoms with van der Waals surface area (Å²) in [6, 6.07) is 18.1. The van der Waals surface area contributed by atoms with E-state index in [-0.39, 0.29) is 5.97 Å². The van der Waals surface area contributed by atoms with Crippen LogP contribution in [0.4, 0.5) is 0 Å². The molecule has 176 valence electrons. The molecule has 0 unspecified atom stereocenters. The quantitative estimate of drug-likeness (QED) is 0.101. The molecule has 0 fully saturated rings. The standard InChI is InChI=1S/C27H23N3O2S3/c1-15-9-11-18(12-10-15)14-33-27-29-22-21-16(2)13-17(3)28-24(21)35-23(22)25(30-27)34-20-8-6-5-7-19(20)26(31)32-4/h5-13H,14H2,1-4H3. The Morgan fingerprint density at radius 3 is 2.54 bits per heavy atom. The van der Waals surface area contributed by atoms with Gasteiger partial charge in [0.1, 0.15) is 9.86 Å². The summed E-state index contributed by atoms with van der Waals surface area (Å²) in [7, 11) is 1.40. The van der Waals surface area contributed by atoms with Gasteiger partial charge in [-0.05, 0) is 50.1 Å². The Hall–Kier alpha value is -2.94. The van der Waals surface area contributed by atoms with Crippen molar-refractivity contribution < 1.29 is 9.53 Å². The molecule has 0 aliphatic rings. The van der Waals surface area contributed by atoms with E-state index >= 15 is 0 Å². The van der Waals surface area contributed by atoms with Crippen LogP contribution < -0.4 is 0 Å². The van der Waals surface area contributed by atoms with E-state index in [9.17, 15) is 4.79 Å². The summed E-state index contributed by atoms with van der Waals surface area (Å²) in [5, 5.41) is 2.59. The molecule has 8 heteroatoms. The molecule has 2 aromatic carbocycles. The predicted octanol–water partition coefficient (Wildman–Crippen LogP) is 7.39. The molecule has 0 spiro atoms. The van der Waals surface area contributed by atoms with Gasteiger partial charge in [0.25, 0.3) is 0 Å². The van der Waals surface area contributed by atoms with Crippen LogP contribution in [0.2, 0.25) is 0 Å². The third-order valence-corrected chi connectivity index (χ3v) is 8.74.